The molecule has 0 amide bonds. The van der Waals surface area contributed by atoms with Crippen LogP contribution in [0.3, 0.4) is 0 Å². The Bertz CT molecular complexity index is 1550. The second-order valence-electron chi connectivity index (χ2n) is 8.84. The summed E-state index contributed by atoms with van der Waals surface area (Å²) in [5.41, 5.74) is 3.03. The molecule has 0 radical (unpaired) electrons. The number of nitrogens with one attached hydrogen (secondary N) is 1. The number of sulfonamides is 1. The van der Waals surface area contributed by atoms with Crippen LogP contribution in [0.5, 0.6) is 0 Å². The number of pyridine rings is 2. The van der Waals surface area contributed by atoms with Gasteiger partial charge in [-0.1, -0.05) is 36.4 Å². The lowest BCUT2D eigenvalue weighted by molar-refractivity contribution is 0.384. The van der Waals surface area contributed by atoms with Crippen molar-refractivity contribution in [2.24, 2.45) is 0 Å². The largest absolute Gasteiger partial charge is 0.354 e. The number of piperazine rings is 1. The minimum absolute atomic E-state index is 0.0981. The van der Waals surface area contributed by atoms with Crippen LogP contribution in [0.1, 0.15) is 12.5 Å². The predicted octanol–water partition coefficient (Wildman–Crippen LogP) is 3.91. The van der Waals surface area contributed by atoms with E-state index in [2.05, 4.69) is 10.2 Å². The molecule has 1 N–H and O–H groups in total. The molecular formula is C27H29N5O3S. The van der Waals surface area contributed by atoms with Gasteiger partial charge in [-0.15, -0.1) is 0 Å². The summed E-state index contributed by atoms with van der Waals surface area (Å²) in [6.07, 6.45) is 0. The van der Waals surface area contributed by atoms with E-state index in [9.17, 15) is 13.2 Å². The molecule has 0 aliphatic carbocycles. The average molecular weight is 504 g/mol. The van der Waals surface area contributed by atoms with Crippen molar-refractivity contribution < 1.29 is 8.42 Å². The molecule has 5 rings (SSSR count). The lowest BCUT2D eigenvalue weighted by Crippen LogP contribution is -2.49. The van der Waals surface area contributed by atoms with Crippen LogP contribution in [-0.4, -0.2) is 54.2 Å². The molecule has 1 fully saturated rings. The number of nitrogens with zero attached hydrogens (tertiary/aromatic N) is 4. The van der Waals surface area contributed by atoms with Crippen LogP contribution in [0.4, 0.5) is 17.3 Å². The molecule has 1 aliphatic heterocycles. The lowest BCUT2D eigenvalue weighted by Gasteiger charge is -2.34. The van der Waals surface area contributed by atoms with E-state index in [0.717, 1.165) is 22.8 Å². The van der Waals surface area contributed by atoms with Gasteiger partial charge in [0.25, 0.3) is 0 Å². The Morgan fingerprint density at radius 3 is 2.19 bits per heavy atom. The van der Waals surface area contributed by atoms with Gasteiger partial charge in [-0.2, -0.15) is 4.31 Å². The maximum atomic E-state index is 13.3. The van der Waals surface area contributed by atoms with Gasteiger partial charge in [-0.05, 0) is 49.7 Å². The van der Waals surface area contributed by atoms with Crippen LogP contribution in [0.2, 0.25) is 0 Å². The van der Waals surface area contributed by atoms with Crippen molar-refractivity contribution in [3.63, 3.8) is 0 Å². The number of para-hydroxylation sites is 2. The Morgan fingerprint density at radius 2 is 1.56 bits per heavy atom. The molecule has 0 spiro atoms. The summed E-state index contributed by atoms with van der Waals surface area (Å²) in [5.74, 6) is 1.45. The molecule has 36 heavy (non-hydrogen) atoms. The van der Waals surface area contributed by atoms with Gasteiger partial charge in [0.15, 0.2) is 11.1 Å². The summed E-state index contributed by atoms with van der Waals surface area (Å²) >= 11 is 0. The van der Waals surface area contributed by atoms with E-state index in [4.69, 9.17) is 4.98 Å². The highest BCUT2D eigenvalue weighted by Crippen LogP contribution is 2.28. The Kier molecular flexibility index (Phi) is 6.51. The van der Waals surface area contributed by atoms with Gasteiger partial charge >= 0.3 is 0 Å². The van der Waals surface area contributed by atoms with Crippen molar-refractivity contribution in [2.75, 3.05) is 42.1 Å². The molecule has 8 nitrogen and oxygen atoms in total. The predicted molar refractivity (Wildman–Crippen MR) is 145 cm³/mol. The smallest absolute Gasteiger partial charge is 0.213 e. The highest BCUT2D eigenvalue weighted by Gasteiger charge is 2.27. The topological polar surface area (TPSA) is 87.5 Å². The van der Waals surface area contributed by atoms with Crippen molar-refractivity contribution in [3.8, 4) is 5.69 Å². The first-order valence-corrected chi connectivity index (χ1v) is 13.7. The minimum atomic E-state index is -3.22. The second kappa shape index (κ2) is 9.75. The average Bonchev–Trinajstić information content (AvgIpc) is 2.89. The third-order valence-corrected chi connectivity index (χ3v) is 8.41. The molecular weight excluding hydrogens is 474 g/mol. The van der Waals surface area contributed by atoms with E-state index < -0.39 is 10.0 Å². The zero-order valence-corrected chi connectivity index (χ0v) is 21.2. The Balaban J connectivity index is 1.64. The van der Waals surface area contributed by atoms with E-state index in [1.807, 2.05) is 78.2 Å². The van der Waals surface area contributed by atoms with Gasteiger partial charge in [0.05, 0.1) is 11.1 Å². The summed E-state index contributed by atoms with van der Waals surface area (Å²) in [4.78, 5) is 20.4. The molecule has 0 unspecified atom stereocenters. The fourth-order valence-corrected chi connectivity index (χ4v) is 5.70. The quantitative estimate of drug-likeness (QED) is 0.429. The molecule has 0 bridgehead atoms. The first-order valence-electron chi connectivity index (χ1n) is 12.0. The molecule has 1 aliphatic rings. The van der Waals surface area contributed by atoms with Crippen LogP contribution in [0.15, 0.2) is 77.6 Å². The van der Waals surface area contributed by atoms with E-state index >= 15 is 0 Å². The van der Waals surface area contributed by atoms with E-state index in [-0.39, 0.29) is 11.2 Å². The van der Waals surface area contributed by atoms with Crippen molar-refractivity contribution in [1.82, 2.24) is 13.9 Å². The summed E-state index contributed by atoms with van der Waals surface area (Å²) in [6.45, 7) is 5.49. The third-order valence-electron chi connectivity index (χ3n) is 6.53. The number of hydrogen-bond acceptors (Lipinski definition) is 6. The zero-order valence-electron chi connectivity index (χ0n) is 20.4. The van der Waals surface area contributed by atoms with Crippen molar-refractivity contribution in [1.29, 1.82) is 0 Å². The Hall–Kier alpha value is -3.69. The normalized spacial score (nSPS) is 14.8. The number of fused-ring (bicyclic) bond motifs is 1. The first-order chi connectivity index (χ1) is 17.4. The SMILES string of the molecule is CCS(=O)(=O)N1CCN(c2cc(C)c3c(=O)cc(Nc4ccccc4)n(-c4ccccc4)c3n2)CC1. The summed E-state index contributed by atoms with van der Waals surface area (Å²) < 4.78 is 28.1. The van der Waals surface area contributed by atoms with Gasteiger partial charge in [0.1, 0.15) is 11.6 Å². The Labute approximate surface area is 210 Å². The molecule has 2 aromatic carbocycles. The summed E-state index contributed by atoms with van der Waals surface area (Å²) in [5, 5.41) is 3.95. The molecule has 0 atom stereocenters. The van der Waals surface area contributed by atoms with Crippen molar-refractivity contribution in [2.45, 2.75) is 13.8 Å². The van der Waals surface area contributed by atoms with Gasteiger partial charge in [0, 0.05) is 43.6 Å². The minimum Gasteiger partial charge on any atom is -0.354 e. The molecule has 4 aromatic rings. The van der Waals surface area contributed by atoms with Gasteiger partial charge in [-0.3, -0.25) is 9.36 Å². The van der Waals surface area contributed by atoms with Crippen LogP contribution < -0.4 is 15.6 Å². The van der Waals surface area contributed by atoms with E-state index in [1.54, 1.807) is 17.3 Å². The molecule has 1 saturated heterocycles. The van der Waals surface area contributed by atoms with Gasteiger partial charge in [-0.25, -0.2) is 13.4 Å². The zero-order chi connectivity index (χ0) is 25.3. The summed E-state index contributed by atoms with van der Waals surface area (Å²) in [7, 11) is -3.22. The number of benzene rings is 2. The van der Waals surface area contributed by atoms with Gasteiger partial charge in [0.2, 0.25) is 10.0 Å². The maximum Gasteiger partial charge on any atom is 0.213 e. The van der Waals surface area contributed by atoms with Crippen molar-refractivity contribution >= 4 is 38.4 Å². The van der Waals surface area contributed by atoms with Gasteiger partial charge < -0.3 is 10.2 Å². The lowest BCUT2D eigenvalue weighted by atomic mass is 10.1. The van der Waals surface area contributed by atoms with Crippen LogP contribution >= 0.6 is 0 Å². The fourth-order valence-electron chi connectivity index (χ4n) is 4.62. The number of rotatable bonds is 6. The van der Waals surface area contributed by atoms with Crippen LogP contribution in [-0.2, 0) is 10.0 Å². The van der Waals surface area contributed by atoms with Crippen molar-refractivity contribution in [3.05, 3.63) is 88.6 Å². The fraction of sp³-hybridized carbons (Fsp3) is 0.259. The number of hydrogen-bond donors (Lipinski definition) is 1. The first kappa shape index (κ1) is 24.0. The molecule has 3 heterocycles. The highest BCUT2D eigenvalue weighted by atomic mass is 32.2. The number of aryl methyl sites for hydroxylation is 1. The maximum absolute atomic E-state index is 13.3. The van der Waals surface area contributed by atoms with E-state index in [1.165, 1.54) is 0 Å². The number of aromatic nitrogens is 2. The monoisotopic (exact) mass is 503 g/mol. The van der Waals surface area contributed by atoms with E-state index in [0.29, 0.717) is 43.0 Å². The molecule has 0 saturated carbocycles. The van der Waals surface area contributed by atoms with Crippen LogP contribution in [0, 0.1) is 6.92 Å². The number of anilines is 3. The third kappa shape index (κ3) is 4.59. The molecule has 2 aromatic heterocycles. The standard InChI is InChI=1S/C27H29N5O3S/c1-3-36(34,35)31-16-14-30(15-17-31)24-18-20(2)26-23(33)19-25(28-21-10-6-4-7-11-21)32(27(26)29-24)22-12-8-5-9-13-22/h4-13,18-19,28H,3,14-17H2,1-2H3. The second-order valence-corrected chi connectivity index (χ2v) is 11.1. The molecule has 186 valence electrons. The molecule has 9 heteroatoms. The Morgan fingerprint density at radius 1 is 0.917 bits per heavy atom. The van der Waals surface area contributed by atoms with Crippen LogP contribution in [0.25, 0.3) is 16.7 Å². The summed E-state index contributed by atoms with van der Waals surface area (Å²) in [6, 6.07) is 23.1. The highest BCUT2D eigenvalue weighted by molar-refractivity contribution is 7.89.